The normalized spacial score (nSPS) is 17.1. The Hall–Kier alpha value is -1.30. The summed E-state index contributed by atoms with van der Waals surface area (Å²) in [5.74, 6) is -0.421. The van der Waals surface area contributed by atoms with E-state index in [1.165, 1.54) is 4.90 Å². The highest BCUT2D eigenvalue weighted by Crippen LogP contribution is 2.25. The van der Waals surface area contributed by atoms with E-state index in [4.69, 9.17) is 27.9 Å². The summed E-state index contributed by atoms with van der Waals surface area (Å²) in [5.41, 5.74) is 0.474. The number of carbonyl (C=O) groups excluding carboxylic acids is 2. The Bertz CT molecular complexity index is 574. The Morgan fingerprint density at radius 3 is 2.78 bits per heavy atom. The summed E-state index contributed by atoms with van der Waals surface area (Å²) >= 11 is 11.9. The quantitative estimate of drug-likeness (QED) is 0.848. The van der Waals surface area contributed by atoms with Gasteiger partial charge in [-0.05, 0) is 37.5 Å². The topological polar surface area (TPSA) is 58.6 Å². The Balaban J connectivity index is 1.98. The SMILES string of the molecule is CCCN(CC(=O)Nc1ccc(Cl)cc1Cl)C(=O)C1CCCO1. The van der Waals surface area contributed by atoms with Gasteiger partial charge in [-0.15, -0.1) is 0 Å². The van der Waals surface area contributed by atoms with Crippen molar-refractivity contribution in [2.45, 2.75) is 32.3 Å². The molecule has 23 heavy (non-hydrogen) atoms. The van der Waals surface area contributed by atoms with E-state index < -0.39 is 6.10 Å². The fourth-order valence-corrected chi connectivity index (χ4v) is 2.92. The molecule has 0 aromatic heterocycles. The number of amides is 2. The third-order valence-electron chi connectivity index (χ3n) is 3.55. The highest BCUT2D eigenvalue weighted by molar-refractivity contribution is 6.36. The lowest BCUT2D eigenvalue weighted by atomic mass is 10.2. The molecule has 1 N–H and O–H groups in total. The fourth-order valence-electron chi connectivity index (χ4n) is 2.47. The number of ether oxygens (including phenoxy) is 1. The zero-order valence-corrected chi connectivity index (χ0v) is 14.5. The number of anilines is 1. The van der Waals surface area contributed by atoms with Gasteiger partial charge in [-0.1, -0.05) is 30.1 Å². The zero-order chi connectivity index (χ0) is 16.8. The van der Waals surface area contributed by atoms with Crippen LogP contribution in [0, 0.1) is 0 Å². The van der Waals surface area contributed by atoms with Crippen molar-refractivity contribution >= 4 is 40.7 Å². The Kier molecular flexibility index (Phi) is 6.69. The van der Waals surface area contributed by atoms with Crippen LogP contribution in [0.3, 0.4) is 0 Å². The molecular weight excluding hydrogens is 339 g/mol. The van der Waals surface area contributed by atoms with E-state index in [9.17, 15) is 9.59 Å². The molecule has 1 aliphatic heterocycles. The number of hydrogen-bond donors (Lipinski definition) is 1. The first kappa shape index (κ1) is 18.0. The van der Waals surface area contributed by atoms with Gasteiger partial charge < -0.3 is 15.0 Å². The van der Waals surface area contributed by atoms with Gasteiger partial charge in [0, 0.05) is 18.2 Å². The van der Waals surface area contributed by atoms with E-state index >= 15 is 0 Å². The molecule has 2 rings (SSSR count). The predicted molar refractivity (Wildman–Crippen MR) is 90.9 cm³/mol. The van der Waals surface area contributed by atoms with Gasteiger partial charge >= 0.3 is 0 Å². The van der Waals surface area contributed by atoms with Crippen LogP contribution in [-0.2, 0) is 14.3 Å². The number of halogens is 2. The van der Waals surface area contributed by atoms with Crippen LogP contribution in [0.5, 0.6) is 0 Å². The van der Waals surface area contributed by atoms with Gasteiger partial charge in [0.2, 0.25) is 5.91 Å². The third kappa shape index (κ3) is 5.09. The van der Waals surface area contributed by atoms with Gasteiger partial charge in [0.25, 0.3) is 5.91 Å². The molecule has 2 amide bonds. The summed E-state index contributed by atoms with van der Waals surface area (Å²) in [6, 6.07) is 4.83. The van der Waals surface area contributed by atoms with Crippen LogP contribution in [0.15, 0.2) is 18.2 Å². The minimum absolute atomic E-state index is 0.0223. The van der Waals surface area contributed by atoms with Crippen molar-refractivity contribution < 1.29 is 14.3 Å². The van der Waals surface area contributed by atoms with E-state index in [-0.39, 0.29) is 18.4 Å². The van der Waals surface area contributed by atoms with E-state index in [1.807, 2.05) is 6.92 Å². The Morgan fingerprint density at radius 2 is 2.17 bits per heavy atom. The molecular formula is C16H20Cl2N2O3. The molecule has 1 heterocycles. The van der Waals surface area contributed by atoms with Crippen LogP contribution in [-0.4, -0.2) is 42.5 Å². The fraction of sp³-hybridized carbons (Fsp3) is 0.500. The maximum absolute atomic E-state index is 12.4. The van der Waals surface area contributed by atoms with Gasteiger partial charge in [0.1, 0.15) is 6.10 Å². The number of hydrogen-bond acceptors (Lipinski definition) is 3. The molecule has 7 heteroatoms. The van der Waals surface area contributed by atoms with Crippen LogP contribution >= 0.6 is 23.2 Å². The van der Waals surface area contributed by atoms with Gasteiger partial charge in [-0.25, -0.2) is 0 Å². The summed E-state index contributed by atoms with van der Waals surface area (Å²) in [7, 11) is 0. The Morgan fingerprint density at radius 1 is 1.39 bits per heavy atom. The minimum atomic E-state index is -0.423. The number of rotatable bonds is 6. The standard InChI is InChI=1S/C16H20Cl2N2O3/c1-2-7-20(16(22)14-4-3-8-23-14)10-15(21)19-13-6-5-11(17)9-12(13)18/h5-6,9,14H,2-4,7-8,10H2,1H3,(H,19,21). The summed E-state index contributed by atoms with van der Waals surface area (Å²) in [4.78, 5) is 26.2. The largest absolute Gasteiger partial charge is 0.368 e. The molecule has 0 saturated carbocycles. The molecule has 1 aromatic rings. The Labute approximate surface area is 145 Å². The van der Waals surface area contributed by atoms with E-state index in [2.05, 4.69) is 5.32 Å². The average Bonchev–Trinajstić information content (AvgIpc) is 3.03. The second kappa shape index (κ2) is 8.52. The maximum atomic E-state index is 12.4. The lowest BCUT2D eigenvalue weighted by molar-refractivity contribution is -0.143. The summed E-state index contributed by atoms with van der Waals surface area (Å²) in [5, 5.41) is 3.56. The molecule has 1 unspecified atom stereocenters. The lowest BCUT2D eigenvalue weighted by Crippen LogP contribution is -2.43. The molecule has 1 saturated heterocycles. The summed E-state index contributed by atoms with van der Waals surface area (Å²) in [6.07, 6.45) is 1.94. The maximum Gasteiger partial charge on any atom is 0.252 e. The van der Waals surface area contributed by atoms with Crippen LogP contribution in [0.4, 0.5) is 5.69 Å². The number of benzene rings is 1. The average molecular weight is 359 g/mol. The minimum Gasteiger partial charge on any atom is -0.368 e. The van der Waals surface area contributed by atoms with E-state index in [0.29, 0.717) is 35.3 Å². The lowest BCUT2D eigenvalue weighted by Gasteiger charge is -2.24. The second-order valence-corrected chi connectivity index (χ2v) is 6.28. The van der Waals surface area contributed by atoms with Crippen molar-refractivity contribution in [3.05, 3.63) is 28.2 Å². The van der Waals surface area contributed by atoms with E-state index in [1.54, 1.807) is 18.2 Å². The smallest absolute Gasteiger partial charge is 0.252 e. The van der Waals surface area contributed by atoms with Gasteiger partial charge in [-0.3, -0.25) is 9.59 Å². The van der Waals surface area contributed by atoms with Crippen LogP contribution in [0.2, 0.25) is 10.0 Å². The van der Waals surface area contributed by atoms with Crippen molar-refractivity contribution in [1.82, 2.24) is 4.90 Å². The van der Waals surface area contributed by atoms with Gasteiger partial charge in [-0.2, -0.15) is 0 Å². The first-order chi connectivity index (χ1) is 11.0. The number of nitrogens with one attached hydrogen (secondary N) is 1. The molecule has 0 bridgehead atoms. The van der Waals surface area contributed by atoms with Crippen molar-refractivity contribution in [2.24, 2.45) is 0 Å². The summed E-state index contributed by atoms with van der Waals surface area (Å²) < 4.78 is 5.42. The first-order valence-corrected chi connectivity index (χ1v) is 8.42. The van der Waals surface area contributed by atoms with Crippen molar-refractivity contribution in [3.63, 3.8) is 0 Å². The molecule has 1 atom stereocenters. The first-order valence-electron chi connectivity index (χ1n) is 7.66. The highest BCUT2D eigenvalue weighted by atomic mass is 35.5. The number of carbonyl (C=O) groups is 2. The molecule has 0 aliphatic carbocycles. The molecule has 0 spiro atoms. The molecule has 5 nitrogen and oxygen atoms in total. The van der Waals surface area contributed by atoms with Gasteiger partial charge in [0.05, 0.1) is 17.3 Å². The van der Waals surface area contributed by atoms with Crippen LogP contribution < -0.4 is 5.32 Å². The zero-order valence-electron chi connectivity index (χ0n) is 13.0. The predicted octanol–water partition coefficient (Wildman–Crippen LogP) is 3.35. The molecule has 1 aromatic carbocycles. The van der Waals surface area contributed by atoms with Crippen molar-refractivity contribution in [3.8, 4) is 0 Å². The van der Waals surface area contributed by atoms with Crippen molar-refractivity contribution in [1.29, 1.82) is 0 Å². The molecule has 1 aliphatic rings. The monoisotopic (exact) mass is 358 g/mol. The molecule has 1 fully saturated rings. The van der Waals surface area contributed by atoms with E-state index in [0.717, 1.165) is 12.8 Å². The second-order valence-electron chi connectivity index (χ2n) is 5.43. The summed E-state index contributed by atoms with van der Waals surface area (Å²) in [6.45, 7) is 3.05. The number of nitrogens with zero attached hydrogens (tertiary/aromatic N) is 1. The third-order valence-corrected chi connectivity index (χ3v) is 4.10. The van der Waals surface area contributed by atoms with Crippen molar-refractivity contribution in [2.75, 3.05) is 25.0 Å². The van der Waals surface area contributed by atoms with Crippen LogP contribution in [0.25, 0.3) is 0 Å². The van der Waals surface area contributed by atoms with Gasteiger partial charge in [0.15, 0.2) is 0 Å². The molecule has 0 radical (unpaired) electrons. The van der Waals surface area contributed by atoms with Crippen LogP contribution in [0.1, 0.15) is 26.2 Å². The highest BCUT2D eigenvalue weighted by Gasteiger charge is 2.29. The molecule has 126 valence electrons.